The molecule has 0 bridgehead atoms. The van der Waals surface area contributed by atoms with E-state index in [0.717, 1.165) is 11.1 Å². The first kappa shape index (κ1) is 18.9. The van der Waals surface area contributed by atoms with Gasteiger partial charge in [-0.2, -0.15) is 0 Å². The Morgan fingerprint density at radius 1 is 1.04 bits per heavy atom. The smallest absolute Gasteiger partial charge is 0.260 e. The van der Waals surface area contributed by atoms with Gasteiger partial charge in [0.05, 0.1) is 19.2 Å². The number of rotatable bonds is 7. The Morgan fingerprint density at radius 2 is 1.76 bits per heavy atom. The van der Waals surface area contributed by atoms with Gasteiger partial charge in [0.15, 0.2) is 18.1 Å². The van der Waals surface area contributed by atoms with Crippen LogP contribution in [-0.4, -0.2) is 38.7 Å². The van der Waals surface area contributed by atoms with Gasteiger partial charge < -0.3 is 19.1 Å². The van der Waals surface area contributed by atoms with Crippen molar-refractivity contribution in [3.63, 3.8) is 0 Å². The third-order valence-corrected chi connectivity index (χ3v) is 4.04. The maximum Gasteiger partial charge on any atom is 0.260 e. The van der Waals surface area contributed by atoms with Gasteiger partial charge >= 0.3 is 0 Å². The van der Waals surface area contributed by atoms with Crippen molar-refractivity contribution in [2.45, 2.75) is 13.5 Å². The highest BCUT2D eigenvalue weighted by molar-refractivity contribution is 6.32. The maximum absolute atomic E-state index is 12.3. The molecule has 0 atom stereocenters. The van der Waals surface area contributed by atoms with Crippen LogP contribution in [0.3, 0.4) is 0 Å². The fraction of sp³-hybridized carbons (Fsp3) is 0.316. The van der Waals surface area contributed by atoms with Gasteiger partial charge in [-0.1, -0.05) is 23.7 Å². The third-order valence-electron chi connectivity index (χ3n) is 3.73. The van der Waals surface area contributed by atoms with E-state index in [9.17, 15) is 4.79 Å². The van der Waals surface area contributed by atoms with Crippen molar-refractivity contribution < 1.29 is 19.0 Å². The maximum atomic E-state index is 12.3. The van der Waals surface area contributed by atoms with Crippen molar-refractivity contribution >= 4 is 17.5 Å². The molecule has 0 unspecified atom stereocenters. The molecular weight excluding hydrogens is 342 g/mol. The van der Waals surface area contributed by atoms with Crippen molar-refractivity contribution in [2.24, 2.45) is 0 Å². The van der Waals surface area contributed by atoms with Crippen LogP contribution in [0.15, 0.2) is 36.4 Å². The minimum Gasteiger partial charge on any atom is -0.493 e. The summed E-state index contributed by atoms with van der Waals surface area (Å²) in [7, 11) is 4.89. The quantitative estimate of drug-likeness (QED) is 0.752. The number of ether oxygens (including phenoxy) is 3. The summed E-state index contributed by atoms with van der Waals surface area (Å²) >= 11 is 6.08. The van der Waals surface area contributed by atoms with E-state index < -0.39 is 0 Å². The number of benzene rings is 2. The minimum absolute atomic E-state index is 0.0764. The summed E-state index contributed by atoms with van der Waals surface area (Å²) in [6, 6.07) is 11.0. The number of hydrogen-bond donors (Lipinski definition) is 0. The highest BCUT2D eigenvalue weighted by atomic mass is 35.5. The summed E-state index contributed by atoms with van der Waals surface area (Å²) in [5.41, 5.74) is 1.95. The summed E-state index contributed by atoms with van der Waals surface area (Å²) in [6.07, 6.45) is 0. The lowest BCUT2D eigenvalue weighted by atomic mass is 10.2. The van der Waals surface area contributed by atoms with Gasteiger partial charge in [-0.05, 0) is 42.3 Å². The second-order valence-electron chi connectivity index (χ2n) is 5.66. The normalized spacial score (nSPS) is 10.3. The molecule has 5 nitrogen and oxygen atoms in total. The first-order valence-electron chi connectivity index (χ1n) is 7.78. The van der Waals surface area contributed by atoms with Gasteiger partial charge in [-0.3, -0.25) is 4.79 Å². The fourth-order valence-corrected chi connectivity index (χ4v) is 2.48. The highest BCUT2D eigenvalue weighted by Gasteiger charge is 2.13. The molecule has 0 saturated carbocycles. The van der Waals surface area contributed by atoms with E-state index in [4.69, 9.17) is 25.8 Å². The van der Waals surface area contributed by atoms with Crippen LogP contribution in [0.1, 0.15) is 11.1 Å². The van der Waals surface area contributed by atoms with E-state index in [1.54, 1.807) is 32.2 Å². The zero-order chi connectivity index (χ0) is 18.4. The molecule has 0 fully saturated rings. The monoisotopic (exact) mass is 363 g/mol. The molecule has 2 rings (SSSR count). The van der Waals surface area contributed by atoms with Crippen LogP contribution < -0.4 is 14.2 Å². The number of carbonyl (C=O) groups excluding carboxylic acids is 1. The molecule has 0 radical (unpaired) electrons. The predicted molar refractivity (Wildman–Crippen MR) is 97.7 cm³/mol. The predicted octanol–water partition coefficient (Wildman–Crippen LogP) is 3.70. The zero-order valence-corrected chi connectivity index (χ0v) is 15.6. The first-order valence-corrected chi connectivity index (χ1v) is 8.16. The number of methoxy groups -OCH3 is 2. The minimum atomic E-state index is -0.146. The molecule has 2 aromatic rings. The van der Waals surface area contributed by atoms with Crippen LogP contribution in [-0.2, 0) is 11.3 Å². The highest BCUT2D eigenvalue weighted by Crippen LogP contribution is 2.28. The molecule has 2 aromatic carbocycles. The van der Waals surface area contributed by atoms with Crippen molar-refractivity contribution in [1.82, 2.24) is 4.90 Å². The molecule has 25 heavy (non-hydrogen) atoms. The van der Waals surface area contributed by atoms with Crippen molar-refractivity contribution in [3.8, 4) is 17.2 Å². The number of aryl methyl sites for hydroxylation is 1. The zero-order valence-electron chi connectivity index (χ0n) is 14.8. The number of hydrogen-bond acceptors (Lipinski definition) is 4. The molecule has 0 spiro atoms. The Balaban J connectivity index is 1.97. The molecule has 0 aromatic heterocycles. The van der Waals surface area contributed by atoms with Crippen molar-refractivity contribution in [2.75, 3.05) is 27.9 Å². The number of likely N-dealkylation sites (N-methyl/N-ethyl adjacent to an activating group) is 1. The second-order valence-corrected chi connectivity index (χ2v) is 6.07. The first-order chi connectivity index (χ1) is 11.9. The average Bonchev–Trinajstić information content (AvgIpc) is 2.61. The topological polar surface area (TPSA) is 48.0 Å². The lowest BCUT2D eigenvalue weighted by molar-refractivity contribution is -0.132. The van der Waals surface area contributed by atoms with Crippen molar-refractivity contribution in [1.29, 1.82) is 0 Å². The Kier molecular flexibility index (Phi) is 6.53. The lowest BCUT2D eigenvalue weighted by Crippen LogP contribution is -2.31. The van der Waals surface area contributed by atoms with Crippen LogP contribution in [0.2, 0.25) is 5.02 Å². The molecule has 0 aliphatic heterocycles. The Morgan fingerprint density at radius 3 is 2.44 bits per heavy atom. The summed E-state index contributed by atoms with van der Waals surface area (Å²) < 4.78 is 16.0. The largest absolute Gasteiger partial charge is 0.493 e. The Bertz CT molecular complexity index is 748. The molecule has 0 aliphatic carbocycles. The van der Waals surface area contributed by atoms with Crippen LogP contribution in [0.5, 0.6) is 17.2 Å². The van der Waals surface area contributed by atoms with E-state index in [1.807, 2.05) is 37.3 Å². The van der Waals surface area contributed by atoms with Gasteiger partial charge in [-0.15, -0.1) is 0 Å². The standard InChI is InChI=1S/C19H22ClNO4/c1-13-5-7-15(20)17(9-13)25-12-19(22)21(2)11-14-6-8-16(23-3)18(10-14)24-4/h5-10H,11-12H2,1-4H3. The molecule has 134 valence electrons. The molecule has 0 aliphatic rings. The van der Waals surface area contributed by atoms with E-state index in [-0.39, 0.29) is 12.5 Å². The van der Waals surface area contributed by atoms with Crippen LogP contribution >= 0.6 is 11.6 Å². The van der Waals surface area contributed by atoms with Gasteiger partial charge in [0.1, 0.15) is 5.75 Å². The van der Waals surface area contributed by atoms with E-state index in [1.165, 1.54) is 0 Å². The van der Waals surface area contributed by atoms with Gasteiger partial charge in [-0.25, -0.2) is 0 Å². The van der Waals surface area contributed by atoms with Gasteiger partial charge in [0.2, 0.25) is 0 Å². The summed E-state index contributed by atoms with van der Waals surface area (Å²) in [6.45, 7) is 2.30. The van der Waals surface area contributed by atoms with Crippen LogP contribution in [0.25, 0.3) is 0 Å². The Hall–Kier alpha value is -2.40. The molecule has 6 heteroatoms. The van der Waals surface area contributed by atoms with E-state index >= 15 is 0 Å². The van der Waals surface area contributed by atoms with Crippen LogP contribution in [0, 0.1) is 6.92 Å². The second kappa shape index (κ2) is 8.62. The number of amides is 1. The summed E-state index contributed by atoms with van der Waals surface area (Å²) in [5, 5.41) is 0.487. The summed E-state index contributed by atoms with van der Waals surface area (Å²) in [4.78, 5) is 13.9. The summed E-state index contributed by atoms with van der Waals surface area (Å²) in [5.74, 6) is 1.64. The molecule has 0 saturated heterocycles. The Labute approximate surface area is 153 Å². The number of carbonyl (C=O) groups is 1. The van der Waals surface area contributed by atoms with E-state index in [0.29, 0.717) is 28.8 Å². The average molecular weight is 364 g/mol. The fourth-order valence-electron chi connectivity index (χ4n) is 2.31. The molecular formula is C19H22ClNO4. The van der Waals surface area contributed by atoms with Gasteiger partial charge in [0.25, 0.3) is 5.91 Å². The molecule has 0 N–H and O–H groups in total. The van der Waals surface area contributed by atoms with Crippen LogP contribution in [0.4, 0.5) is 0 Å². The molecule has 0 heterocycles. The SMILES string of the molecule is COc1ccc(CN(C)C(=O)COc2cc(C)ccc2Cl)cc1OC. The van der Waals surface area contributed by atoms with Crippen molar-refractivity contribution in [3.05, 3.63) is 52.5 Å². The third kappa shape index (κ3) is 5.03. The van der Waals surface area contributed by atoms with Gasteiger partial charge in [0, 0.05) is 13.6 Å². The lowest BCUT2D eigenvalue weighted by Gasteiger charge is -2.19. The number of halogens is 1. The number of nitrogens with zero attached hydrogens (tertiary/aromatic N) is 1. The molecule has 1 amide bonds. The van der Waals surface area contributed by atoms with E-state index in [2.05, 4.69) is 0 Å².